The van der Waals surface area contributed by atoms with Crippen LogP contribution in [-0.4, -0.2) is 25.8 Å². The van der Waals surface area contributed by atoms with E-state index in [1.54, 1.807) is 19.1 Å². The summed E-state index contributed by atoms with van der Waals surface area (Å²) in [5.74, 6) is -0.0894. The molecule has 0 saturated heterocycles. The average molecular weight is 275 g/mol. The summed E-state index contributed by atoms with van der Waals surface area (Å²) in [5.41, 5.74) is 1.29. The van der Waals surface area contributed by atoms with Crippen LogP contribution in [0.3, 0.4) is 0 Å². The fraction of sp³-hybridized carbons (Fsp3) is 0.357. The molecule has 1 unspecified atom stereocenters. The first-order valence-corrected chi connectivity index (χ1v) is 6.47. The number of carboxylic acid groups (broad SMARTS) is 1. The van der Waals surface area contributed by atoms with Gasteiger partial charge in [0.1, 0.15) is 11.6 Å². The highest BCUT2D eigenvalue weighted by Crippen LogP contribution is 2.26. The average Bonchev–Trinajstić information content (AvgIpc) is 2.84. The molecule has 1 aliphatic heterocycles. The predicted octanol–water partition coefficient (Wildman–Crippen LogP) is 2.04. The van der Waals surface area contributed by atoms with Gasteiger partial charge in [-0.15, -0.1) is 10.2 Å². The van der Waals surface area contributed by atoms with Crippen molar-refractivity contribution in [3.63, 3.8) is 0 Å². The lowest BCUT2D eigenvalue weighted by Crippen LogP contribution is -2.27. The molecule has 1 atom stereocenters. The number of aliphatic carboxylic acids is 1. The molecule has 0 radical (unpaired) electrons. The number of aromatic nitrogens is 3. The second kappa shape index (κ2) is 4.70. The molecule has 6 heteroatoms. The molecular formula is C14H14FN3O2. The number of rotatable bonds is 2. The molecule has 1 aromatic heterocycles. The minimum Gasteiger partial charge on any atom is -0.481 e. The third-order valence-corrected chi connectivity index (χ3v) is 3.71. The topological polar surface area (TPSA) is 68.0 Å². The molecule has 0 saturated carbocycles. The van der Waals surface area contributed by atoms with E-state index in [-0.39, 0.29) is 5.82 Å². The first-order chi connectivity index (χ1) is 9.56. The van der Waals surface area contributed by atoms with Gasteiger partial charge in [-0.05, 0) is 37.1 Å². The monoisotopic (exact) mass is 275 g/mol. The van der Waals surface area contributed by atoms with Gasteiger partial charge < -0.3 is 9.67 Å². The highest BCUT2D eigenvalue weighted by molar-refractivity contribution is 5.70. The summed E-state index contributed by atoms with van der Waals surface area (Å²) in [6.45, 7) is 2.05. The van der Waals surface area contributed by atoms with Crippen LogP contribution in [0, 0.1) is 18.7 Å². The molecule has 1 N–H and O–H groups in total. The van der Waals surface area contributed by atoms with Crippen molar-refractivity contribution in [1.29, 1.82) is 0 Å². The summed E-state index contributed by atoms with van der Waals surface area (Å²) in [4.78, 5) is 11.1. The third kappa shape index (κ3) is 2.07. The largest absolute Gasteiger partial charge is 0.481 e. The molecule has 5 nitrogen and oxygen atoms in total. The Kier molecular flexibility index (Phi) is 3.00. The molecule has 3 rings (SSSR count). The Bertz CT molecular complexity index is 681. The van der Waals surface area contributed by atoms with E-state index < -0.39 is 11.9 Å². The summed E-state index contributed by atoms with van der Waals surface area (Å²) in [6.07, 6.45) is 1.18. The number of carbonyl (C=O) groups is 1. The van der Waals surface area contributed by atoms with Crippen molar-refractivity contribution in [2.75, 3.05) is 0 Å². The van der Waals surface area contributed by atoms with Crippen LogP contribution in [0.15, 0.2) is 18.2 Å². The Balaban J connectivity index is 2.02. The number of carboxylic acids is 1. The molecule has 0 fully saturated rings. The van der Waals surface area contributed by atoms with Crippen LogP contribution in [0.25, 0.3) is 11.4 Å². The van der Waals surface area contributed by atoms with Gasteiger partial charge in [-0.1, -0.05) is 0 Å². The molecule has 2 aromatic rings. The van der Waals surface area contributed by atoms with Gasteiger partial charge in [0.25, 0.3) is 0 Å². The van der Waals surface area contributed by atoms with Crippen molar-refractivity contribution in [2.24, 2.45) is 5.92 Å². The molecule has 2 heterocycles. The van der Waals surface area contributed by atoms with Crippen molar-refractivity contribution in [3.8, 4) is 11.4 Å². The zero-order chi connectivity index (χ0) is 14.3. The standard InChI is InChI=1S/C14H14FN3O2/c1-8-6-9(2-4-11(8)15)13-17-16-12-5-3-10(14(19)20)7-18(12)13/h2,4,6,10H,3,5,7H2,1H3,(H,19,20). The van der Waals surface area contributed by atoms with Crippen LogP contribution in [0.5, 0.6) is 0 Å². The Morgan fingerprint density at radius 2 is 2.25 bits per heavy atom. The van der Waals surface area contributed by atoms with Crippen molar-refractivity contribution >= 4 is 5.97 Å². The zero-order valence-electron chi connectivity index (χ0n) is 11.0. The second-order valence-corrected chi connectivity index (χ2v) is 5.09. The molecule has 1 aliphatic rings. The van der Waals surface area contributed by atoms with Gasteiger partial charge in [-0.25, -0.2) is 4.39 Å². The van der Waals surface area contributed by atoms with Crippen LogP contribution in [-0.2, 0) is 17.8 Å². The molecule has 0 spiro atoms. The SMILES string of the molecule is Cc1cc(-c2nnc3n2CC(C(=O)O)CC3)ccc1F. The van der Waals surface area contributed by atoms with Crippen molar-refractivity contribution in [2.45, 2.75) is 26.3 Å². The van der Waals surface area contributed by atoms with E-state index >= 15 is 0 Å². The summed E-state index contributed by atoms with van der Waals surface area (Å²) in [5, 5.41) is 17.4. The number of fused-ring (bicyclic) bond motifs is 1. The molecule has 0 aliphatic carbocycles. The van der Waals surface area contributed by atoms with Gasteiger partial charge in [0.15, 0.2) is 5.82 Å². The summed E-state index contributed by atoms with van der Waals surface area (Å²) in [6, 6.07) is 4.74. The fourth-order valence-corrected chi connectivity index (χ4v) is 2.53. The number of nitrogens with zero attached hydrogens (tertiary/aromatic N) is 3. The third-order valence-electron chi connectivity index (χ3n) is 3.71. The van der Waals surface area contributed by atoms with E-state index in [9.17, 15) is 9.18 Å². The van der Waals surface area contributed by atoms with Crippen LogP contribution in [0.2, 0.25) is 0 Å². The lowest BCUT2D eigenvalue weighted by molar-refractivity contribution is -0.142. The van der Waals surface area contributed by atoms with Crippen LogP contribution < -0.4 is 0 Å². The van der Waals surface area contributed by atoms with Crippen molar-refractivity contribution in [1.82, 2.24) is 14.8 Å². The Labute approximate surface area is 115 Å². The molecule has 1 aromatic carbocycles. The number of hydrogen-bond donors (Lipinski definition) is 1. The highest BCUT2D eigenvalue weighted by atomic mass is 19.1. The van der Waals surface area contributed by atoms with Gasteiger partial charge in [-0.3, -0.25) is 4.79 Å². The van der Waals surface area contributed by atoms with E-state index in [2.05, 4.69) is 10.2 Å². The predicted molar refractivity (Wildman–Crippen MR) is 69.6 cm³/mol. The second-order valence-electron chi connectivity index (χ2n) is 5.09. The smallest absolute Gasteiger partial charge is 0.308 e. The Hall–Kier alpha value is -2.24. The van der Waals surface area contributed by atoms with E-state index in [4.69, 9.17) is 5.11 Å². The van der Waals surface area contributed by atoms with Crippen molar-refractivity contribution in [3.05, 3.63) is 35.4 Å². The maximum atomic E-state index is 13.3. The minimum atomic E-state index is -0.800. The maximum Gasteiger partial charge on any atom is 0.308 e. The minimum absolute atomic E-state index is 0.268. The van der Waals surface area contributed by atoms with Gasteiger partial charge >= 0.3 is 5.97 Å². The number of benzene rings is 1. The van der Waals surface area contributed by atoms with Crippen molar-refractivity contribution < 1.29 is 14.3 Å². The zero-order valence-corrected chi connectivity index (χ0v) is 11.0. The van der Waals surface area contributed by atoms with E-state index in [1.165, 1.54) is 6.07 Å². The Morgan fingerprint density at radius 1 is 1.45 bits per heavy atom. The normalized spacial score (nSPS) is 17.8. The first-order valence-electron chi connectivity index (χ1n) is 6.47. The molecule has 104 valence electrons. The lowest BCUT2D eigenvalue weighted by Gasteiger charge is -2.21. The van der Waals surface area contributed by atoms with Crippen LogP contribution in [0.4, 0.5) is 4.39 Å². The quantitative estimate of drug-likeness (QED) is 0.910. The number of hydrogen-bond acceptors (Lipinski definition) is 3. The van der Waals surface area contributed by atoms with Gasteiger partial charge in [0, 0.05) is 18.5 Å². The highest BCUT2D eigenvalue weighted by Gasteiger charge is 2.27. The fourth-order valence-electron chi connectivity index (χ4n) is 2.53. The maximum absolute atomic E-state index is 13.3. The van der Waals surface area contributed by atoms with Crippen LogP contribution in [0.1, 0.15) is 17.8 Å². The summed E-state index contributed by atoms with van der Waals surface area (Å²) < 4.78 is 15.2. The van der Waals surface area contributed by atoms with Gasteiger partial charge in [0.2, 0.25) is 0 Å². The van der Waals surface area contributed by atoms with E-state index in [0.29, 0.717) is 30.8 Å². The molecule has 0 amide bonds. The first kappa shape index (κ1) is 12.8. The molecule has 0 bridgehead atoms. The lowest BCUT2D eigenvalue weighted by atomic mass is 9.99. The van der Waals surface area contributed by atoms with E-state index in [0.717, 1.165) is 11.4 Å². The molecular weight excluding hydrogens is 261 g/mol. The summed E-state index contributed by atoms with van der Waals surface area (Å²) >= 11 is 0. The van der Waals surface area contributed by atoms with Gasteiger partial charge in [-0.2, -0.15) is 0 Å². The Morgan fingerprint density at radius 3 is 2.95 bits per heavy atom. The summed E-state index contributed by atoms with van der Waals surface area (Å²) in [7, 11) is 0. The number of aryl methyl sites for hydroxylation is 2. The van der Waals surface area contributed by atoms with E-state index in [1.807, 2.05) is 4.57 Å². The van der Waals surface area contributed by atoms with Gasteiger partial charge in [0.05, 0.1) is 5.92 Å². The van der Waals surface area contributed by atoms with Crippen LogP contribution >= 0.6 is 0 Å². The molecule has 20 heavy (non-hydrogen) atoms. The number of halogens is 1.